The van der Waals surface area contributed by atoms with Crippen molar-refractivity contribution in [1.29, 1.82) is 0 Å². The summed E-state index contributed by atoms with van der Waals surface area (Å²) in [6.07, 6.45) is -1.90. The van der Waals surface area contributed by atoms with Crippen LogP contribution in [0.4, 0.5) is 24.5 Å². The first-order chi connectivity index (χ1) is 8.99. The van der Waals surface area contributed by atoms with Gasteiger partial charge in [-0.25, -0.2) is 0 Å². The van der Waals surface area contributed by atoms with Gasteiger partial charge in [-0.3, -0.25) is 4.98 Å². The number of rotatable bonds is 3. The molecule has 5 heteroatoms. The third kappa shape index (κ3) is 3.47. The second-order valence-electron chi connectivity index (χ2n) is 4.10. The van der Waals surface area contributed by atoms with Crippen LogP contribution in [0.2, 0.25) is 0 Å². The molecule has 0 unspecified atom stereocenters. The molecule has 0 aliphatic carbocycles. The van der Waals surface area contributed by atoms with Crippen molar-refractivity contribution in [2.75, 3.05) is 5.32 Å². The van der Waals surface area contributed by atoms with E-state index >= 15 is 0 Å². The van der Waals surface area contributed by atoms with Gasteiger partial charge in [0, 0.05) is 11.4 Å². The number of halogens is 3. The molecule has 1 aromatic carbocycles. The Hall–Kier alpha value is -2.04. The number of aryl methyl sites for hydroxylation is 1. The van der Waals surface area contributed by atoms with Crippen LogP contribution in [0.5, 0.6) is 0 Å². The first kappa shape index (κ1) is 13.4. The van der Waals surface area contributed by atoms with Crippen molar-refractivity contribution >= 4 is 11.4 Å². The molecule has 1 heterocycles. The highest BCUT2D eigenvalue weighted by atomic mass is 19.4. The summed E-state index contributed by atoms with van der Waals surface area (Å²) in [5.41, 5.74) is 1.32. The number of anilines is 2. The second-order valence-corrected chi connectivity index (χ2v) is 4.10. The van der Waals surface area contributed by atoms with Crippen molar-refractivity contribution in [2.24, 2.45) is 0 Å². The Morgan fingerprint density at radius 2 is 1.89 bits per heavy atom. The Morgan fingerprint density at radius 3 is 2.47 bits per heavy atom. The lowest BCUT2D eigenvalue weighted by Crippen LogP contribution is -2.05. The van der Waals surface area contributed by atoms with E-state index in [1.807, 2.05) is 13.0 Å². The van der Waals surface area contributed by atoms with E-state index in [-0.39, 0.29) is 0 Å². The first-order valence-corrected chi connectivity index (χ1v) is 5.88. The third-order valence-corrected chi connectivity index (χ3v) is 2.67. The third-order valence-electron chi connectivity index (χ3n) is 2.67. The Bertz CT molecular complexity index is 547. The highest BCUT2D eigenvalue weighted by Gasteiger charge is 2.30. The highest BCUT2D eigenvalue weighted by Crippen LogP contribution is 2.31. The molecular weight excluding hydrogens is 253 g/mol. The van der Waals surface area contributed by atoms with E-state index in [0.29, 0.717) is 11.4 Å². The number of nitrogens with one attached hydrogen (secondary N) is 1. The lowest BCUT2D eigenvalue weighted by atomic mass is 10.2. The Morgan fingerprint density at radius 1 is 1.11 bits per heavy atom. The number of alkyl halides is 3. The smallest absolute Gasteiger partial charge is 0.354 e. The zero-order chi connectivity index (χ0) is 13.9. The minimum Gasteiger partial charge on any atom is -0.354 e. The van der Waals surface area contributed by atoms with Crippen LogP contribution in [-0.4, -0.2) is 4.98 Å². The molecule has 0 atom stereocenters. The second kappa shape index (κ2) is 5.30. The molecule has 0 radical (unpaired) electrons. The Labute approximate surface area is 109 Å². The lowest BCUT2D eigenvalue weighted by Gasteiger charge is -2.10. The zero-order valence-corrected chi connectivity index (χ0v) is 10.3. The molecule has 0 saturated heterocycles. The SMILES string of the molecule is CCc1ccc(Nc2cccc(C(F)(F)F)c2)cn1. The lowest BCUT2D eigenvalue weighted by molar-refractivity contribution is -0.137. The molecule has 0 spiro atoms. The molecule has 0 bridgehead atoms. The van der Waals surface area contributed by atoms with Gasteiger partial charge in [-0.1, -0.05) is 13.0 Å². The van der Waals surface area contributed by atoms with E-state index in [2.05, 4.69) is 10.3 Å². The average Bonchev–Trinajstić information content (AvgIpc) is 2.39. The van der Waals surface area contributed by atoms with Gasteiger partial charge in [-0.2, -0.15) is 13.2 Å². The first-order valence-electron chi connectivity index (χ1n) is 5.88. The van der Waals surface area contributed by atoms with Crippen LogP contribution in [0, 0.1) is 0 Å². The summed E-state index contributed by atoms with van der Waals surface area (Å²) in [6.45, 7) is 1.99. The number of nitrogens with zero attached hydrogens (tertiary/aromatic N) is 1. The molecular formula is C14H13F3N2. The van der Waals surface area contributed by atoms with Gasteiger partial charge in [0.2, 0.25) is 0 Å². The molecule has 19 heavy (non-hydrogen) atoms. The van der Waals surface area contributed by atoms with E-state index in [1.54, 1.807) is 18.3 Å². The predicted octanol–water partition coefficient (Wildman–Crippen LogP) is 4.41. The summed E-state index contributed by atoms with van der Waals surface area (Å²) < 4.78 is 37.7. The van der Waals surface area contributed by atoms with Crippen molar-refractivity contribution < 1.29 is 13.2 Å². The van der Waals surface area contributed by atoms with E-state index in [1.165, 1.54) is 6.07 Å². The van der Waals surface area contributed by atoms with Crippen LogP contribution in [0.3, 0.4) is 0 Å². The van der Waals surface area contributed by atoms with Crippen LogP contribution in [0.1, 0.15) is 18.2 Å². The normalized spacial score (nSPS) is 11.4. The molecule has 0 amide bonds. The van der Waals surface area contributed by atoms with Crippen LogP contribution < -0.4 is 5.32 Å². The van der Waals surface area contributed by atoms with Gasteiger partial charge >= 0.3 is 6.18 Å². The molecule has 2 nitrogen and oxygen atoms in total. The van der Waals surface area contributed by atoms with Crippen molar-refractivity contribution in [3.63, 3.8) is 0 Å². The van der Waals surface area contributed by atoms with Crippen LogP contribution in [0.15, 0.2) is 42.6 Å². The topological polar surface area (TPSA) is 24.9 Å². The largest absolute Gasteiger partial charge is 0.416 e. The van der Waals surface area contributed by atoms with Crippen LogP contribution in [0.25, 0.3) is 0 Å². The molecule has 2 rings (SSSR count). The molecule has 0 saturated carbocycles. The minimum atomic E-state index is -4.33. The van der Waals surface area contributed by atoms with Gasteiger partial charge in [0.25, 0.3) is 0 Å². The molecule has 0 fully saturated rings. The number of hydrogen-bond donors (Lipinski definition) is 1. The summed E-state index contributed by atoms with van der Waals surface area (Å²) in [7, 11) is 0. The number of pyridine rings is 1. The van der Waals surface area contributed by atoms with Crippen molar-refractivity contribution in [3.05, 3.63) is 53.9 Å². The fourth-order valence-electron chi connectivity index (χ4n) is 1.65. The predicted molar refractivity (Wildman–Crippen MR) is 68.3 cm³/mol. The number of hydrogen-bond acceptors (Lipinski definition) is 2. The fraction of sp³-hybridized carbons (Fsp3) is 0.214. The summed E-state index contributed by atoms with van der Waals surface area (Å²) in [5, 5.41) is 2.91. The summed E-state index contributed by atoms with van der Waals surface area (Å²) in [4.78, 5) is 4.18. The molecule has 1 aromatic heterocycles. The van der Waals surface area contributed by atoms with Crippen LogP contribution in [-0.2, 0) is 12.6 Å². The van der Waals surface area contributed by atoms with Gasteiger partial charge in [0.15, 0.2) is 0 Å². The van der Waals surface area contributed by atoms with Gasteiger partial charge < -0.3 is 5.32 Å². The van der Waals surface area contributed by atoms with E-state index in [4.69, 9.17) is 0 Å². The summed E-state index contributed by atoms with van der Waals surface area (Å²) in [5.74, 6) is 0. The Kier molecular flexibility index (Phi) is 3.74. The highest BCUT2D eigenvalue weighted by molar-refractivity contribution is 5.59. The maximum atomic E-state index is 12.6. The summed E-state index contributed by atoms with van der Waals surface area (Å²) >= 11 is 0. The monoisotopic (exact) mass is 266 g/mol. The minimum absolute atomic E-state index is 0.390. The fourth-order valence-corrected chi connectivity index (χ4v) is 1.65. The summed E-state index contributed by atoms with van der Waals surface area (Å²) in [6, 6.07) is 8.72. The number of benzene rings is 1. The molecule has 0 aliphatic heterocycles. The molecule has 2 aromatic rings. The van der Waals surface area contributed by atoms with E-state index in [0.717, 1.165) is 24.2 Å². The van der Waals surface area contributed by atoms with Gasteiger partial charge in [-0.15, -0.1) is 0 Å². The molecule has 0 aliphatic rings. The maximum absolute atomic E-state index is 12.6. The standard InChI is InChI=1S/C14H13F3N2/c1-2-11-6-7-13(9-18-11)19-12-5-3-4-10(8-12)14(15,16)17/h3-9,19H,2H2,1H3. The maximum Gasteiger partial charge on any atom is 0.416 e. The van der Waals surface area contributed by atoms with Crippen LogP contribution >= 0.6 is 0 Å². The average molecular weight is 266 g/mol. The van der Waals surface area contributed by atoms with E-state index in [9.17, 15) is 13.2 Å². The van der Waals surface area contributed by atoms with Gasteiger partial charge in [0.05, 0.1) is 17.4 Å². The van der Waals surface area contributed by atoms with Crippen molar-refractivity contribution in [1.82, 2.24) is 4.98 Å². The quantitative estimate of drug-likeness (QED) is 0.890. The number of aromatic nitrogens is 1. The van der Waals surface area contributed by atoms with Crippen molar-refractivity contribution in [3.8, 4) is 0 Å². The van der Waals surface area contributed by atoms with Gasteiger partial charge in [-0.05, 0) is 36.8 Å². The Balaban J connectivity index is 2.18. The molecule has 1 N–H and O–H groups in total. The van der Waals surface area contributed by atoms with Crippen molar-refractivity contribution in [2.45, 2.75) is 19.5 Å². The molecule has 100 valence electrons. The van der Waals surface area contributed by atoms with Gasteiger partial charge in [0.1, 0.15) is 0 Å². The van der Waals surface area contributed by atoms with E-state index < -0.39 is 11.7 Å². The zero-order valence-electron chi connectivity index (χ0n) is 10.3.